The van der Waals surface area contributed by atoms with Crippen LogP contribution in [-0.4, -0.2) is 25.1 Å². The maximum Gasteiger partial charge on any atom is 0.336 e. The average Bonchev–Trinajstić information content (AvgIpc) is 2.53. The lowest BCUT2D eigenvalue weighted by atomic mass is 10.1. The lowest BCUT2D eigenvalue weighted by Gasteiger charge is -2.18. The summed E-state index contributed by atoms with van der Waals surface area (Å²) in [6.07, 6.45) is 0. The van der Waals surface area contributed by atoms with Gasteiger partial charge in [-0.25, -0.2) is 4.79 Å². The maximum atomic E-state index is 11.9. The summed E-state index contributed by atoms with van der Waals surface area (Å²) >= 11 is 0. The molecule has 0 saturated heterocycles. The van der Waals surface area contributed by atoms with Crippen LogP contribution in [0.2, 0.25) is 0 Å². The number of benzene rings is 2. The Morgan fingerprint density at radius 3 is 2.42 bits per heavy atom. The molecule has 2 aromatic carbocycles. The van der Waals surface area contributed by atoms with E-state index in [2.05, 4.69) is 24.8 Å². The number of hydrogen-bond acceptors (Lipinski definition) is 4. The largest absolute Gasteiger partial charge is 0.492 e. The molecule has 0 N–H and O–H groups in total. The van der Waals surface area contributed by atoms with Gasteiger partial charge in [-0.2, -0.15) is 0 Å². The smallest absolute Gasteiger partial charge is 0.336 e. The number of likely N-dealkylation sites (N-methyl/N-ethyl adjacent to an activating group) is 1. The van der Waals surface area contributed by atoms with E-state index in [0.29, 0.717) is 18.7 Å². The van der Waals surface area contributed by atoms with E-state index < -0.39 is 0 Å². The van der Waals surface area contributed by atoms with Crippen LogP contribution < -0.4 is 10.4 Å². The minimum absolute atomic E-state index is 0.307. The van der Waals surface area contributed by atoms with Crippen molar-refractivity contribution in [2.45, 2.75) is 27.3 Å². The topological polar surface area (TPSA) is 42.7 Å². The summed E-state index contributed by atoms with van der Waals surface area (Å²) in [5, 5.41) is 0.984. The molecule has 0 aliphatic rings. The number of nitrogens with zero attached hydrogens (tertiary/aromatic N) is 1. The second-order valence-corrected chi connectivity index (χ2v) is 7.00. The first-order valence-corrected chi connectivity index (χ1v) is 8.84. The van der Waals surface area contributed by atoms with Crippen LogP contribution in [-0.2, 0) is 6.54 Å². The number of hydrogen-bond donors (Lipinski definition) is 0. The Morgan fingerprint density at radius 1 is 0.962 bits per heavy atom. The first-order chi connectivity index (χ1) is 12.4. The first-order valence-electron chi connectivity index (χ1n) is 8.84. The molecular formula is C22H25NO3. The summed E-state index contributed by atoms with van der Waals surface area (Å²) in [5.74, 6) is 0.900. The molecule has 0 aliphatic carbocycles. The summed E-state index contributed by atoms with van der Waals surface area (Å²) in [7, 11) is 2.03. The molecule has 26 heavy (non-hydrogen) atoms. The van der Waals surface area contributed by atoms with Crippen LogP contribution >= 0.6 is 0 Å². The van der Waals surface area contributed by atoms with Crippen molar-refractivity contribution in [3.05, 3.63) is 75.1 Å². The van der Waals surface area contributed by atoms with Crippen LogP contribution in [0.1, 0.15) is 22.3 Å². The van der Waals surface area contributed by atoms with Gasteiger partial charge >= 0.3 is 5.63 Å². The molecule has 0 radical (unpaired) electrons. The van der Waals surface area contributed by atoms with E-state index in [1.54, 1.807) is 6.07 Å². The molecule has 0 amide bonds. The lowest BCUT2D eigenvalue weighted by molar-refractivity contribution is 0.233. The van der Waals surface area contributed by atoms with Gasteiger partial charge in [0.05, 0.1) is 0 Å². The van der Waals surface area contributed by atoms with Gasteiger partial charge < -0.3 is 9.15 Å². The van der Waals surface area contributed by atoms with Gasteiger partial charge in [0.1, 0.15) is 17.9 Å². The van der Waals surface area contributed by atoms with Gasteiger partial charge in [-0.3, -0.25) is 4.90 Å². The molecule has 4 heteroatoms. The van der Waals surface area contributed by atoms with Crippen molar-refractivity contribution in [2.24, 2.45) is 0 Å². The van der Waals surface area contributed by atoms with Crippen LogP contribution in [0.5, 0.6) is 5.75 Å². The minimum Gasteiger partial charge on any atom is -0.492 e. The molecule has 0 spiro atoms. The number of ether oxygens (including phenoxy) is 1. The van der Waals surface area contributed by atoms with E-state index in [9.17, 15) is 4.79 Å². The van der Waals surface area contributed by atoms with Crippen molar-refractivity contribution in [3.63, 3.8) is 0 Å². The van der Waals surface area contributed by atoms with Gasteiger partial charge in [0, 0.05) is 24.5 Å². The second-order valence-electron chi connectivity index (χ2n) is 7.00. The summed E-state index contributed by atoms with van der Waals surface area (Å²) in [5.41, 5.74) is 4.79. The first kappa shape index (κ1) is 18.2. The Morgan fingerprint density at radius 2 is 1.69 bits per heavy atom. The molecule has 3 aromatic rings. The summed E-state index contributed by atoms with van der Waals surface area (Å²) in [4.78, 5) is 14.0. The molecule has 0 fully saturated rings. The Kier molecular flexibility index (Phi) is 5.43. The molecular weight excluding hydrogens is 326 g/mol. The molecule has 4 nitrogen and oxygen atoms in total. The lowest BCUT2D eigenvalue weighted by Crippen LogP contribution is -2.24. The van der Waals surface area contributed by atoms with E-state index in [-0.39, 0.29) is 5.63 Å². The molecule has 0 unspecified atom stereocenters. The zero-order valence-corrected chi connectivity index (χ0v) is 15.8. The maximum absolute atomic E-state index is 11.9. The molecule has 3 rings (SSSR count). The molecule has 1 aromatic heterocycles. The third-order valence-corrected chi connectivity index (χ3v) is 4.36. The Hall–Kier alpha value is -2.59. The molecule has 1 heterocycles. The Bertz CT molecular complexity index is 955. The van der Waals surface area contributed by atoms with Crippen LogP contribution in [0.15, 0.2) is 51.7 Å². The van der Waals surface area contributed by atoms with Gasteiger partial charge in [-0.15, -0.1) is 0 Å². The van der Waals surface area contributed by atoms with Crippen LogP contribution in [0.3, 0.4) is 0 Å². The second kappa shape index (κ2) is 7.75. The number of aryl methyl sites for hydroxylation is 3. The Labute approximate surface area is 154 Å². The van der Waals surface area contributed by atoms with Gasteiger partial charge in [0.2, 0.25) is 0 Å². The van der Waals surface area contributed by atoms with E-state index in [4.69, 9.17) is 9.15 Å². The zero-order chi connectivity index (χ0) is 18.7. The predicted octanol–water partition coefficient (Wildman–Crippen LogP) is 4.23. The average molecular weight is 351 g/mol. The SMILES string of the molecule is Cc1cc(C)cc(OCCN(C)Cc2cc(=O)oc3cc(C)ccc23)c1. The normalized spacial score (nSPS) is 11.3. The number of rotatable bonds is 6. The molecule has 136 valence electrons. The fraction of sp³-hybridized carbons (Fsp3) is 0.318. The fourth-order valence-corrected chi connectivity index (χ4v) is 3.17. The highest BCUT2D eigenvalue weighted by atomic mass is 16.5. The van der Waals surface area contributed by atoms with Gasteiger partial charge in [0.25, 0.3) is 0 Å². The van der Waals surface area contributed by atoms with Crippen molar-refractivity contribution in [1.29, 1.82) is 0 Å². The van der Waals surface area contributed by atoms with Crippen LogP contribution in [0.25, 0.3) is 11.0 Å². The third kappa shape index (κ3) is 4.52. The summed E-state index contributed by atoms with van der Waals surface area (Å²) in [6.45, 7) is 8.15. The fourth-order valence-electron chi connectivity index (χ4n) is 3.17. The van der Waals surface area contributed by atoms with E-state index in [1.807, 2.05) is 44.3 Å². The molecule has 0 atom stereocenters. The summed E-state index contributed by atoms with van der Waals surface area (Å²) in [6, 6.07) is 13.8. The molecule has 0 aliphatic heterocycles. The predicted molar refractivity (Wildman–Crippen MR) is 105 cm³/mol. The summed E-state index contributed by atoms with van der Waals surface area (Å²) < 4.78 is 11.2. The van der Waals surface area contributed by atoms with E-state index >= 15 is 0 Å². The highest BCUT2D eigenvalue weighted by Crippen LogP contribution is 2.20. The van der Waals surface area contributed by atoms with Gasteiger partial charge in [-0.1, -0.05) is 18.2 Å². The van der Waals surface area contributed by atoms with E-state index in [1.165, 1.54) is 11.1 Å². The highest BCUT2D eigenvalue weighted by molar-refractivity contribution is 5.80. The zero-order valence-electron chi connectivity index (χ0n) is 15.8. The van der Waals surface area contributed by atoms with Crippen molar-refractivity contribution in [3.8, 4) is 5.75 Å². The van der Waals surface area contributed by atoms with Crippen molar-refractivity contribution >= 4 is 11.0 Å². The third-order valence-electron chi connectivity index (χ3n) is 4.36. The molecule has 0 saturated carbocycles. The van der Waals surface area contributed by atoms with Crippen LogP contribution in [0, 0.1) is 20.8 Å². The van der Waals surface area contributed by atoms with Crippen molar-refractivity contribution in [2.75, 3.05) is 20.2 Å². The van der Waals surface area contributed by atoms with E-state index in [0.717, 1.165) is 28.8 Å². The number of fused-ring (bicyclic) bond motifs is 1. The Balaban J connectivity index is 1.65. The minimum atomic E-state index is -0.307. The van der Waals surface area contributed by atoms with Gasteiger partial charge in [0.15, 0.2) is 0 Å². The molecule has 0 bridgehead atoms. The van der Waals surface area contributed by atoms with Crippen molar-refractivity contribution < 1.29 is 9.15 Å². The quantitative estimate of drug-likeness (QED) is 0.623. The monoisotopic (exact) mass is 351 g/mol. The highest BCUT2D eigenvalue weighted by Gasteiger charge is 2.09. The van der Waals surface area contributed by atoms with Crippen LogP contribution in [0.4, 0.5) is 0 Å². The van der Waals surface area contributed by atoms with Crippen molar-refractivity contribution in [1.82, 2.24) is 4.90 Å². The standard InChI is InChI=1S/C22H25NO3/c1-15-5-6-20-18(13-22(24)26-21(20)12-15)14-23(4)7-8-25-19-10-16(2)9-17(3)11-19/h5-6,9-13H,7-8,14H2,1-4H3. The van der Waals surface area contributed by atoms with Gasteiger partial charge in [-0.05, 0) is 68.3 Å².